The van der Waals surface area contributed by atoms with Crippen molar-refractivity contribution in [3.05, 3.63) is 47.9 Å². The number of hydrogen-bond acceptors (Lipinski definition) is 4. The molecule has 1 aromatic heterocycles. The van der Waals surface area contributed by atoms with Crippen molar-refractivity contribution in [1.29, 1.82) is 0 Å². The first-order valence-electron chi connectivity index (χ1n) is 10.4. The van der Waals surface area contributed by atoms with Crippen LogP contribution in [0.4, 0.5) is 9.18 Å². The highest BCUT2D eigenvalue weighted by molar-refractivity contribution is 5.94. The van der Waals surface area contributed by atoms with E-state index in [9.17, 15) is 14.0 Å². The van der Waals surface area contributed by atoms with E-state index in [1.807, 2.05) is 0 Å². The number of hydrogen-bond donors (Lipinski definition) is 2. The Morgan fingerprint density at radius 3 is 2.47 bits per heavy atom. The van der Waals surface area contributed by atoms with Crippen LogP contribution in [0.15, 0.2) is 36.5 Å². The van der Waals surface area contributed by atoms with E-state index in [0.717, 1.165) is 32.1 Å². The van der Waals surface area contributed by atoms with Gasteiger partial charge in [-0.05, 0) is 68.6 Å². The number of ether oxygens (including phenoxy) is 1. The van der Waals surface area contributed by atoms with Crippen LogP contribution in [0, 0.1) is 17.7 Å². The van der Waals surface area contributed by atoms with E-state index < -0.39 is 17.4 Å². The summed E-state index contributed by atoms with van der Waals surface area (Å²) in [5, 5.41) is 10.4. The summed E-state index contributed by atoms with van der Waals surface area (Å²) in [4.78, 5) is 25.4. The van der Waals surface area contributed by atoms with Crippen molar-refractivity contribution in [1.82, 2.24) is 20.4 Å². The monoisotopic (exact) mass is 412 g/mol. The molecule has 2 N–H and O–H groups in total. The van der Waals surface area contributed by atoms with Gasteiger partial charge in [0.1, 0.15) is 5.82 Å². The fourth-order valence-corrected chi connectivity index (χ4v) is 6.28. The molecule has 0 saturated heterocycles. The number of carbonyl (C=O) groups excluding carboxylic acids is 2. The smallest absolute Gasteiger partial charge is 0.390 e. The molecule has 30 heavy (non-hydrogen) atoms. The molecular formula is C22H25FN4O3. The Morgan fingerprint density at radius 1 is 1.13 bits per heavy atom. The van der Waals surface area contributed by atoms with Gasteiger partial charge in [0, 0.05) is 36.0 Å². The van der Waals surface area contributed by atoms with E-state index in [-0.39, 0.29) is 17.3 Å². The lowest BCUT2D eigenvalue weighted by molar-refractivity contribution is -0.0449. The van der Waals surface area contributed by atoms with Gasteiger partial charge < -0.3 is 15.4 Å². The van der Waals surface area contributed by atoms with Crippen LogP contribution in [0.3, 0.4) is 0 Å². The summed E-state index contributed by atoms with van der Waals surface area (Å²) < 4.78 is 20.5. The van der Waals surface area contributed by atoms with Crippen molar-refractivity contribution in [3.8, 4) is 5.88 Å². The van der Waals surface area contributed by atoms with Crippen LogP contribution in [-0.4, -0.2) is 32.9 Å². The fourth-order valence-electron chi connectivity index (χ4n) is 6.28. The summed E-state index contributed by atoms with van der Waals surface area (Å²) in [6, 6.07) is 7.39. The molecule has 4 aliphatic carbocycles. The first-order valence-corrected chi connectivity index (χ1v) is 10.4. The van der Waals surface area contributed by atoms with E-state index in [0.29, 0.717) is 23.8 Å². The highest BCUT2D eigenvalue weighted by Gasteiger charge is 2.59. The van der Waals surface area contributed by atoms with Gasteiger partial charge in [-0.2, -0.15) is 0 Å². The van der Waals surface area contributed by atoms with Gasteiger partial charge in [-0.1, -0.05) is 6.07 Å². The van der Waals surface area contributed by atoms with E-state index in [2.05, 4.69) is 15.7 Å². The van der Waals surface area contributed by atoms with Crippen molar-refractivity contribution < 1.29 is 18.7 Å². The number of nitrogens with zero attached hydrogens (tertiary/aromatic N) is 2. The van der Waals surface area contributed by atoms with Gasteiger partial charge in [0.2, 0.25) is 5.88 Å². The van der Waals surface area contributed by atoms with E-state index in [1.165, 1.54) is 12.1 Å². The molecular weight excluding hydrogens is 387 g/mol. The third-order valence-electron chi connectivity index (χ3n) is 6.78. The quantitative estimate of drug-likeness (QED) is 0.808. The SMILES string of the molecule is Cn1ccc(OC(=O)NC23CC4CC(C2)CC(NC(=O)c2cccc(F)c2)(C4)C3)n1. The van der Waals surface area contributed by atoms with Gasteiger partial charge in [0.05, 0.1) is 0 Å². The Balaban J connectivity index is 1.33. The van der Waals surface area contributed by atoms with Crippen LogP contribution in [0.25, 0.3) is 0 Å². The number of halogens is 1. The van der Waals surface area contributed by atoms with Crippen LogP contribution < -0.4 is 15.4 Å². The zero-order valence-electron chi connectivity index (χ0n) is 16.9. The molecule has 1 aromatic carbocycles. The third-order valence-corrected chi connectivity index (χ3v) is 6.78. The summed E-state index contributed by atoms with van der Waals surface area (Å²) in [6.07, 6.45) is 6.54. The lowest BCUT2D eigenvalue weighted by atomic mass is 9.50. The minimum atomic E-state index is -0.512. The predicted molar refractivity (Wildman–Crippen MR) is 106 cm³/mol. The van der Waals surface area contributed by atoms with Gasteiger partial charge in [0.25, 0.3) is 5.91 Å². The van der Waals surface area contributed by atoms with Crippen LogP contribution in [0.1, 0.15) is 48.9 Å². The molecule has 4 bridgehead atoms. The number of amides is 2. The topological polar surface area (TPSA) is 85.2 Å². The predicted octanol–water partition coefficient (Wildman–Crippen LogP) is 3.17. The van der Waals surface area contributed by atoms with Gasteiger partial charge in [-0.25, -0.2) is 9.18 Å². The summed E-state index contributed by atoms with van der Waals surface area (Å²) in [5.41, 5.74) is -0.459. The molecule has 158 valence electrons. The van der Waals surface area contributed by atoms with Crippen molar-refractivity contribution >= 4 is 12.0 Å². The summed E-state index contributed by atoms with van der Waals surface area (Å²) >= 11 is 0. The van der Waals surface area contributed by atoms with Gasteiger partial charge >= 0.3 is 6.09 Å². The second kappa shape index (κ2) is 6.82. The second-order valence-corrected chi connectivity index (χ2v) is 9.33. The average Bonchev–Trinajstić information content (AvgIpc) is 3.04. The maximum absolute atomic E-state index is 13.6. The van der Waals surface area contributed by atoms with E-state index >= 15 is 0 Å². The molecule has 8 heteroatoms. The van der Waals surface area contributed by atoms with Gasteiger partial charge in [0.15, 0.2) is 0 Å². The molecule has 0 spiro atoms. The maximum Gasteiger partial charge on any atom is 0.414 e. The number of carbonyl (C=O) groups is 2. The third kappa shape index (κ3) is 3.55. The van der Waals surface area contributed by atoms with Crippen molar-refractivity contribution in [3.63, 3.8) is 0 Å². The zero-order chi connectivity index (χ0) is 20.9. The number of rotatable bonds is 4. The number of nitrogens with one attached hydrogen (secondary N) is 2. The molecule has 4 fully saturated rings. The summed E-state index contributed by atoms with van der Waals surface area (Å²) in [7, 11) is 1.76. The first kappa shape index (κ1) is 19.1. The number of aromatic nitrogens is 2. The molecule has 1 heterocycles. The standard InChI is InChI=1S/C22H25FN4O3/c1-27-6-5-18(26-27)30-20(29)25-22-11-14-7-15(12-22)10-21(9-14,13-22)24-19(28)16-3-2-4-17(23)8-16/h2-6,8,14-15H,7,9-13H2,1H3,(H,24,28)(H,25,29). The zero-order valence-corrected chi connectivity index (χ0v) is 16.9. The Morgan fingerprint density at radius 2 is 1.83 bits per heavy atom. The summed E-state index contributed by atoms with van der Waals surface area (Å²) in [5.74, 6) is 0.448. The van der Waals surface area contributed by atoms with Crippen molar-refractivity contribution in [2.24, 2.45) is 18.9 Å². The summed E-state index contributed by atoms with van der Waals surface area (Å²) in [6.45, 7) is 0. The molecule has 7 nitrogen and oxygen atoms in total. The Hall–Kier alpha value is -2.90. The van der Waals surface area contributed by atoms with Gasteiger partial charge in [-0.3, -0.25) is 9.48 Å². The van der Waals surface area contributed by atoms with Crippen molar-refractivity contribution in [2.75, 3.05) is 0 Å². The van der Waals surface area contributed by atoms with Crippen LogP contribution in [0.5, 0.6) is 5.88 Å². The van der Waals surface area contributed by atoms with Crippen LogP contribution >= 0.6 is 0 Å². The highest BCUT2D eigenvalue weighted by Crippen LogP contribution is 2.57. The van der Waals surface area contributed by atoms with Crippen molar-refractivity contribution in [2.45, 2.75) is 49.6 Å². The average molecular weight is 412 g/mol. The normalized spacial score (nSPS) is 31.4. The maximum atomic E-state index is 13.6. The van der Waals surface area contributed by atoms with E-state index in [4.69, 9.17) is 4.74 Å². The lowest BCUT2D eigenvalue weighted by Gasteiger charge is -2.62. The molecule has 2 atom stereocenters. The molecule has 4 aliphatic rings. The van der Waals surface area contributed by atoms with Crippen LogP contribution in [0.2, 0.25) is 0 Å². The Kier molecular flexibility index (Phi) is 4.34. The molecule has 2 amide bonds. The van der Waals surface area contributed by atoms with Gasteiger partial charge in [-0.15, -0.1) is 5.10 Å². The molecule has 0 radical (unpaired) electrons. The lowest BCUT2D eigenvalue weighted by Crippen LogP contribution is -2.70. The Bertz CT molecular complexity index is 990. The minimum absolute atomic E-state index is 0.258. The second-order valence-electron chi connectivity index (χ2n) is 9.33. The molecule has 2 aromatic rings. The largest absolute Gasteiger partial charge is 0.414 e. The number of benzene rings is 1. The first-order chi connectivity index (χ1) is 14.3. The molecule has 6 rings (SSSR count). The van der Waals surface area contributed by atoms with Crippen LogP contribution in [-0.2, 0) is 7.05 Å². The number of aryl methyl sites for hydroxylation is 1. The molecule has 0 aliphatic heterocycles. The fraction of sp³-hybridized carbons (Fsp3) is 0.500. The van der Waals surface area contributed by atoms with E-state index in [1.54, 1.807) is 36.1 Å². The highest BCUT2D eigenvalue weighted by atomic mass is 19.1. The molecule has 2 unspecified atom stereocenters. The molecule has 4 saturated carbocycles. The minimum Gasteiger partial charge on any atom is -0.390 e. The Labute approximate surface area is 174 Å².